The van der Waals surface area contributed by atoms with E-state index in [4.69, 9.17) is 8.94 Å². The van der Waals surface area contributed by atoms with E-state index in [0.717, 1.165) is 11.1 Å². The van der Waals surface area contributed by atoms with E-state index in [1.165, 1.54) is 23.9 Å². The van der Waals surface area contributed by atoms with Gasteiger partial charge < -0.3 is 8.94 Å². The quantitative estimate of drug-likeness (QED) is 0.332. The fraction of sp³-hybridized carbons (Fsp3) is 0.0909. The monoisotopic (exact) mass is 433 g/mol. The first-order chi connectivity index (χ1) is 15.3. The zero-order valence-electron chi connectivity index (χ0n) is 16.2. The molecule has 7 nitrogen and oxygen atoms in total. The molecule has 0 unspecified atom stereocenters. The van der Waals surface area contributed by atoms with Gasteiger partial charge in [0.1, 0.15) is 5.82 Å². The van der Waals surface area contributed by atoms with Gasteiger partial charge in [0.15, 0.2) is 16.7 Å². The fourth-order valence-electron chi connectivity index (χ4n) is 3.06. The number of thioether (sulfide) groups is 1. The maximum absolute atomic E-state index is 13.4. The van der Waals surface area contributed by atoms with Crippen molar-refractivity contribution in [1.82, 2.24) is 24.9 Å². The molecule has 0 saturated heterocycles. The van der Waals surface area contributed by atoms with Crippen LogP contribution in [0.15, 0.2) is 87.1 Å². The Morgan fingerprint density at radius 3 is 2.55 bits per heavy atom. The highest BCUT2D eigenvalue weighted by molar-refractivity contribution is 7.98. The molecule has 0 aliphatic carbocycles. The van der Waals surface area contributed by atoms with E-state index in [9.17, 15) is 4.39 Å². The summed E-state index contributed by atoms with van der Waals surface area (Å²) in [5.41, 5.74) is 1.89. The topological polar surface area (TPSA) is 82.8 Å². The summed E-state index contributed by atoms with van der Waals surface area (Å²) in [5.74, 6) is 2.19. The van der Waals surface area contributed by atoms with Crippen molar-refractivity contribution in [1.29, 1.82) is 0 Å². The van der Waals surface area contributed by atoms with Gasteiger partial charge in [0.25, 0.3) is 0 Å². The summed E-state index contributed by atoms with van der Waals surface area (Å²) < 4.78 is 26.0. The number of aromatic nitrogens is 5. The second kappa shape index (κ2) is 8.57. The van der Waals surface area contributed by atoms with Crippen molar-refractivity contribution in [2.45, 2.75) is 17.5 Å². The Kier molecular flexibility index (Phi) is 5.32. The van der Waals surface area contributed by atoms with Crippen molar-refractivity contribution < 1.29 is 13.3 Å². The highest BCUT2D eigenvalue weighted by Crippen LogP contribution is 2.28. The van der Waals surface area contributed by atoms with Crippen LogP contribution < -0.4 is 0 Å². The molecule has 31 heavy (non-hydrogen) atoms. The molecule has 2 aromatic carbocycles. The smallest absolute Gasteiger partial charge is 0.238 e. The van der Waals surface area contributed by atoms with Gasteiger partial charge in [-0.25, -0.2) is 4.39 Å². The summed E-state index contributed by atoms with van der Waals surface area (Å²) in [6, 6.07) is 19.8. The third kappa shape index (κ3) is 4.26. The van der Waals surface area contributed by atoms with Gasteiger partial charge in [-0.2, -0.15) is 4.98 Å². The lowest BCUT2D eigenvalue weighted by Gasteiger charge is -2.10. The van der Waals surface area contributed by atoms with Crippen LogP contribution in [-0.4, -0.2) is 24.9 Å². The van der Waals surface area contributed by atoms with Crippen LogP contribution in [0.25, 0.3) is 23.0 Å². The molecule has 0 aliphatic rings. The third-order valence-corrected chi connectivity index (χ3v) is 5.49. The molecular weight excluding hydrogens is 417 g/mol. The molecule has 0 saturated carbocycles. The van der Waals surface area contributed by atoms with E-state index in [1.807, 2.05) is 34.9 Å². The molecule has 0 fully saturated rings. The molecule has 3 heterocycles. The number of benzene rings is 2. The first-order valence-corrected chi connectivity index (χ1v) is 10.5. The highest BCUT2D eigenvalue weighted by atomic mass is 32.2. The van der Waals surface area contributed by atoms with Crippen LogP contribution in [0.4, 0.5) is 4.39 Å². The average molecular weight is 433 g/mol. The Bertz CT molecular complexity index is 1270. The Labute approximate surface area is 180 Å². The third-order valence-electron chi connectivity index (χ3n) is 4.54. The predicted molar refractivity (Wildman–Crippen MR) is 113 cm³/mol. The van der Waals surface area contributed by atoms with E-state index in [-0.39, 0.29) is 5.82 Å². The summed E-state index contributed by atoms with van der Waals surface area (Å²) in [5, 5.41) is 13.4. The second-order valence-corrected chi connectivity index (χ2v) is 7.61. The summed E-state index contributed by atoms with van der Waals surface area (Å²) >= 11 is 1.44. The molecule has 0 N–H and O–H groups in total. The van der Waals surface area contributed by atoms with Gasteiger partial charge in [0.05, 0.1) is 18.6 Å². The lowest BCUT2D eigenvalue weighted by molar-refractivity contribution is 0.390. The van der Waals surface area contributed by atoms with Crippen molar-refractivity contribution in [2.24, 2.45) is 0 Å². The van der Waals surface area contributed by atoms with Crippen LogP contribution >= 0.6 is 11.8 Å². The van der Waals surface area contributed by atoms with Crippen molar-refractivity contribution in [2.75, 3.05) is 0 Å². The maximum atomic E-state index is 13.4. The van der Waals surface area contributed by atoms with Crippen molar-refractivity contribution in [3.63, 3.8) is 0 Å². The number of hydrogen-bond acceptors (Lipinski definition) is 7. The molecule has 5 rings (SSSR count). The zero-order chi connectivity index (χ0) is 21.0. The summed E-state index contributed by atoms with van der Waals surface area (Å²) in [4.78, 5) is 4.36. The molecule has 0 aliphatic heterocycles. The van der Waals surface area contributed by atoms with E-state index < -0.39 is 0 Å². The molecule has 0 amide bonds. The largest absolute Gasteiger partial charge is 0.461 e. The normalized spacial score (nSPS) is 11.1. The van der Waals surface area contributed by atoms with Gasteiger partial charge in [0.2, 0.25) is 11.7 Å². The van der Waals surface area contributed by atoms with Gasteiger partial charge >= 0.3 is 0 Å². The van der Waals surface area contributed by atoms with Crippen molar-refractivity contribution in [3.8, 4) is 23.0 Å². The Morgan fingerprint density at radius 2 is 1.77 bits per heavy atom. The predicted octanol–water partition coefficient (Wildman–Crippen LogP) is 5.07. The van der Waals surface area contributed by atoms with Crippen molar-refractivity contribution >= 4 is 11.8 Å². The van der Waals surface area contributed by atoms with Crippen LogP contribution in [0, 0.1) is 5.82 Å². The number of halogens is 1. The first kappa shape index (κ1) is 19.3. The minimum absolute atomic E-state index is 0.295. The standard InChI is InChI=1S/C22H16FN5O2S/c23-17-10-8-16(9-11-17)21-25-26-22(28(21)13-15-5-2-1-3-6-15)31-14-19-24-20(27-30-19)18-7-4-12-29-18/h1-12H,13-14H2. The molecular formula is C22H16FN5O2S. The minimum atomic E-state index is -0.295. The Hall–Kier alpha value is -3.72. The molecule has 0 radical (unpaired) electrons. The Balaban J connectivity index is 1.41. The Morgan fingerprint density at radius 1 is 0.935 bits per heavy atom. The molecule has 0 bridgehead atoms. The molecule has 0 atom stereocenters. The van der Waals surface area contributed by atoms with E-state index in [1.54, 1.807) is 30.5 Å². The lowest BCUT2D eigenvalue weighted by atomic mass is 10.2. The van der Waals surface area contributed by atoms with Gasteiger partial charge in [-0.15, -0.1) is 10.2 Å². The summed E-state index contributed by atoms with van der Waals surface area (Å²) in [6.07, 6.45) is 1.56. The lowest BCUT2D eigenvalue weighted by Crippen LogP contribution is -2.04. The van der Waals surface area contributed by atoms with Crippen LogP contribution in [0.2, 0.25) is 0 Å². The zero-order valence-corrected chi connectivity index (χ0v) is 17.0. The summed E-state index contributed by atoms with van der Waals surface area (Å²) in [7, 11) is 0. The van der Waals surface area contributed by atoms with Gasteiger partial charge in [-0.3, -0.25) is 4.57 Å². The molecule has 0 spiro atoms. The fourth-order valence-corrected chi connectivity index (χ4v) is 3.84. The van der Waals surface area contributed by atoms with Crippen molar-refractivity contribution in [3.05, 3.63) is 90.3 Å². The molecule has 3 aromatic heterocycles. The number of rotatable bonds is 7. The maximum Gasteiger partial charge on any atom is 0.238 e. The average Bonchev–Trinajstić information content (AvgIpc) is 3.55. The van der Waals surface area contributed by atoms with Gasteiger partial charge in [-0.1, -0.05) is 47.3 Å². The summed E-state index contributed by atoms with van der Waals surface area (Å²) in [6.45, 7) is 0.574. The number of nitrogens with zero attached hydrogens (tertiary/aromatic N) is 5. The minimum Gasteiger partial charge on any atom is -0.461 e. The van der Waals surface area contributed by atoms with Crippen LogP contribution in [0.1, 0.15) is 11.5 Å². The number of hydrogen-bond donors (Lipinski definition) is 0. The van der Waals surface area contributed by atoms with E-state index >= 15 is 0 Å². The first-order valence-electron chi connectivity index (χ1n) is 9.48. The number of furan rings is 1. The van der Waals surface area contributed by atoms with Crippen LogP contribution in [0.3, 0.4) is 0 Å². The van der Waals surface area contributed by atoms with Crippen LogP contribution in [-0.2, 0) is 12.3 Å². The highest BCUT2D eigenvalue weighted by Gasteiger charge is 2.17. The molecule has 9 heteroatoms. The second-order valence-electron chi connectivity index (χ2n) is 6.66. The molecule has 154 valence electrons. The van der Waals surface area contributed by atoms with Gasteiger partial charge in [0, 0.05) is 5.56 Å². The van der Waals surface area contributed by atoms with Gasteiger partial charge in [-0.05, 0) is 42.0 Å². The van der Waals surface area contributed by atoms with E-state index in [0.29, 0.717) is 40.8 Å². The van der Waals surface area contributed by atoms with Crippen LogP contribution in [0.5, 0.6) is 0 Å². The molecule has 5 aromatic rings. The SMILES string of the molecule is Fc1ccc(-c2nnc(SCc3nc(-c4ccco4)no3)n2Cc2ccccc2)cc1. The van der Waals surface area contributed by atoms with E-state index in [2.05, 4.69) is 20.3 Å².